The Morgan fingerprint density at radius 2 is 2.00 bits per heavy atom. The molecule has 0 saturated heterocycles. The van der Waals surface area contributed by atoms with Gasteiger partial charge in [-0.2, -0.15) is 0 Å². The summed E-state index contributed by atoms with van der Waals surface area (Å²) in [5, 5.41) is 3.31. The van der Waals surface area contributed by atoms with Crippen LogP contribution >= 0.6 is 0 Å². The Morgan fingerprint density at radius 3 is 2.61 bits per heavy atom. The molecule has 1 aromatic rings. The molecule has 0 aromatic heterocycles. The average Bonchev–Trinajstić information content (AvgIpc) is 2.29. The molecule has 1 N–H and O–H groups in total. The summed E-state index contributed by atoms with van der Waals surface area (Å²) in [6.07, 6.45) is 1.10. The monoisotopic (exact) mass is 253 g/mol. The van der Waals surface area contributed by atoms with Crippen molar-refractivity contribution in [1.82, 2.24) is 5.32 Å². The Hall–Kier alpha value is -0.930. The van der Waals surface area contributed by atoms with E-state index in [-0.39, 0.29) is 11.4 Å². The smallest absolute Gasteiger partial charge is 0.128 e. The molecule has 102 valence electrons. The summed E-state index contributed by atoms with van der Waals surface area (Å²) in [7, 11) is 0. The topological polar surface area (TPSA) is 21.3 Å². The van der Waals surface area contributed by atoms with Gasteiger partial charge >= 0.3 is 0 Å². The van der Waals surface area contributed by atoms with Crippen LogP contribution in [0, 0.1) is 5.82 Å². The molecule has 3 heteroatoms. The van der Waals surface area contributed by atoms with Crippen molar-refractivity contribution in [2.75, 3.05) is 6.54 Å². The largest absolute Gasteiger partial charge is 0.371 e. The van der Waals surface area contributed by atoms with Crippen molar-refractivity contribution >= 4 is 0 Å². The van der Waals surface area contributed by atoms with Crippen molar-refractivity contribution in [3.63, 3.8) is 0 Å². The number of benzene rings is 1. The first-order valence-electron chi connectivity index (χ1n) is 6.54. The Labute approximate surface area is 110 Å². The van der Waals surface area contributed by atoms with Gasteiger partial charge in [0.1, 0.15) is 5.82 Å². The van der Waals surface area contributed by atoms with Gasteiger partial charge in [0.15, 0.2) is 0 Å². The SMILES string of the molecule is CCCNCc1ccc(F)c(COC(C)(C)C)c1. The summed E-state index contributed by atoms with van der Waals surface area (Å²) in [6.45, 7) is 10.1. The van der Waals surface area contributed by atoms with Crippen molar-refractivity contribution in [3.05, 3.63) is 35.1 Å². The van der Waals surface area contributed by atoms with E-state index >= 15 is 0 Å². The van der Waals surface area contributed by atoms with Crippen LogP contribution in [0.15, 0.2) is 18.2 Å². The van der Waals surface area contributed by atoms with E-state index in [2.05, 4.69) is 12.2 Å². The summed E-state index contributed by atoms with van der Waals surface area (Å²) in [5.74, 6) is -0.196. The third kappa shape index (κ3) is 5.61. The summed E-state index contributed by atoms with van der Waals surface area (Å²) in [6, 6.07) is 5.21. The van der Waals surface area contributed by atoms with E-state index in [1.165, 1.54) is 6.07 Å². The lowest BCUT2D eigenvalue weighted by molar-refractivity contribution is -0.0161. The lowest BCUT2D eigenvalue weighted by atomic mass is 10.1. The van der Waals surface area contributed by atoms with Crippen LogP contribution in [0.4, 0.5) is 4.39 Å². The normalized spacial score (nSPS) is 11.8. The van der Waals surface area contributed by atoms with Crippen LogP contribution in [0.1, 0.15) is 45.2 Å². The maximum atomic E-state index is 13.6. The molecular weight excluding hydrogens is 229 g/mol. The summed E-state index contributed by atoms with van der Waals surface area (Å²) >= 11 is 0. The van der Waals surface area contributed by atoms with Gasteiger partial charge in [-0.3, -0.25) is 0 Å². The fourth-order valence-electron chi connectivity index (χ4n) is 1.55. The van der Waals surface area contributed by atoms with Crippen LogP contribution in [0.5, 0.6) is 0 Å². The number of ether oxygens (including phenoxy) is 1. The van der Waals surface area contributed by atoms with Gasteiger partial charge in [0.25, 0.3) is 0 Å². The van der Waals surface area contributed by atoms with Crippen LogP contribution < -0.4 is 5.32 Å². The molecule has 0 heterocycles. The molecule has 0 spiro atoms. The number of rotatable bonds is 6. The molecule has 0 amide bonds. The highest BCUT2D eigenvalue weighted by molar-refractivity contribution is 5.24. The fourth-order valence-corrected chi connectivity index (χ4v) is 1.55. The van der Waals surface area contributed by atoms with E-state index < -0.39 is 0 Å². The molecule has 1 aromatic carbocycles. The molecule has 0 bridgehead atoms. The van der Waals surface area contributed by atoms with Gasteiger partial charge in [0.05, 0.1) is 12.2 Å². The molecule has 0 unspecified atom stereocenters. The minimum atomic E-state index is -0.247. The zero-order valence-corrected chi connectivity index (χ0v) is 11.8. The maximum absolute atomic E-state index is 13.6. The lowest BCUT2D eigenvalue weighted by Gasteiger charge is -2.20. The van der Waals surface area contributed by atoms with E-state index in [9.17, 15) is 4.39 Å². The lowest BCUT2D eigenvalue weighted by Crippen LogP contribution is -2.19. The molecular formula is C15H24FNO. The molecule has 2 nitrogen and oxygen atoms in total. The number of hydrogen-bond acceptors (Lipinski definition) is 2. The van der Waals surface area contributed by atoms with E-state index in [1.54, 1.807) is 0 Å². The highest BCUT2D eigenvalue weighted by Gasteiger charge is 2.12. The molecule has 0 radical (unpaired) electrons. The second kappa shape index (κ2) is 6.86. The van der Waals surface area contributed by atoms with Crippen molar-refractivity contribution in [2.24, 2.45) is 0 Å². The van der Waals surface area contributed by atoms with Crippen LogP contribution in [-0.2, 0) is 17.9 Å². The Balaban J connectivity index is 2.63. The van der Waals surface area contributed by atoms with Gasteiger partial charge in [-0.25, -0.2) is 4.39 Å². The number of hydrogen-bond donors (Lipinski definition) is 1. The highest BCUT2D eigenvalue weighted by atomic mass is 19.1. The van der Waals surface area contributed by atoms with Crippen molar-refractivity contribution in [2.45, 2.75) is 52.9 Å². The predicted octanol–water partition coefficient (Wildman–Crippen LogP) is 3.64. The molecule has 0 aliphatic carbocycles. The van der Waals surface area contributed by atoms with E-state index in [0.29, 0.717) is 12.2 Å². The zero-order chi connectivity index (χ0) is 13.6. The summed E-state index contributed by atoms with van der Waals surface area (Å²) in [5.41, 5.74) is 1.47. The van der Waals surface area contributed by atoms with Gasteiger partial charge < -0.3 is 10.1 Å². The van der Waals surface area contributed by atoms with Crippen molar-refractivity contribution < 1.29 is 9.13 Å². The quantitative estimate of drug-likeness (QED) is 0.781. The van der Waals surface area contributed by atoms with Gasteiger partial charge in [-0.1, -0.05) is 13.0 Å². The molecule has 0 fully saturated rings. The zero-order valence-electron chi connectivity index (χ0n) is 11.8. The van der Waals surface area contributed by atoms with Crippen LogP contribution in [0.3, 0.4) is 0 Å². The third-order valence-corrected chi connectivity index (χ3v) is 2.53. The Kier molecular flexibility index (Phi) is 5.76. The van der Waals surface area contributed by atoms with Gasteiger partial charge in [0.2, 0.25) is 0 Å². The van der Waals surface area contributed by atoms with E-state index in [0.717, 1.165) is 25.1 Å². The van der Waals surface area contributed by atoms with Crippen LogP contribution in [0.2, 0.25) is 0 Å². The van der Waals surface area contributed by atoms with Crippen LogP contribution in [-0.4, -0.2) is 12.1 Å². The van der Waals surface area contributed by atoms with E-state index in [4.69, 9.17) is 4.74 Å². The summed E-state index contributed by atoms with van der Waals surface area (Å²) in [4.78, 5) is 0. The number of halogens is 1. The van der Waals surface area contributed by atoms with Gasteiger partial charge in [0, 0.05) is 12.1 Å². The van der Waals surface area contributed by atoms with E-state index in [1.807, 2.05) is 32.9 Å². The average molecular weight is 253 g/mol. The second-order valence-corrected chi connectivity index (χ2v) is 5.50. The Morgan fingerprint density at radius 1 is 1.28 bits per heavy atom. The standard InChI is InChI=1S/C15H24FNO/c1-5-8-17-10-12-6-7-14(16)13(9-12)11-18-15(2,3)4/h6-7,9,17H,5,8,10-11H2,1-4H3. The third-order valence-electron chi connectivity index (χ3n) is 2.53. The maximum Gasteiger partial charge on any atom is 0.128 e. The molecule has 0 aliphatic rings. The van der Waals surface area contributed by atoms with Crippen molar-refractivity contribution in [1.29, 1.82) is 0 Å². The molecule has 0 atom stereocenters. The first-order valence-corrected chi connectivity index (χ1v) is 6.54. The van der Waals surface area contributed by atoms with Crippen molar-refractivity contribution in [3.8, 4) is 0 Å². The second-order valence-electron chi connectivity index (χ2n) is 5.50. The molecule has 18 heavy (non-hydrogen) atoms. The molecule has 1 rings (SSSR count). The summed E-state index contributed by atoms with van der Waals surface area (Å²) < 4.78 is 19.2. The predicted molar refractivity (Wildman–Crippen MR) is 72.9 cm³/mol. The Bertz CT molecular complexity index is 371. The highest BCUT2D eigenvalue weighted by Crippen LogP contribution is 2.16. The van der Waals surface area contributed by atoms with Crippen LogP contribution in [0.25, 0.3) is 0 Å². The fraction of sp³-hybridized carbons (Fsp3) is 0.600. The minimum absolute atomic E-state index is 0.196. The first kappa shape index (κ1) is 15.1. The molecule has 0 saturated carbocycles. The first-order chi connectivity index (χ1) is 8.42. The number of nitrogens with one attached hydrogen (secondary N) is 1. The molecule has 0 aliphatic heterocycles. The van der Waals surface area contributed by atoms with Gasteiger partial charge in [-0.15, -0.1) is 0 Å². The minimum Gasteiger partial charge on any atom is -0.371 e. The van der Waals surface area contributed by atoms with Gasteiger partial charge in [-0.05, 0) is 51.4 Å².